The van der Waals surface area contributed by atoms with Crippen LogP contribution in [0, 0.1) is 26.2 Å². The number of aromatic nitrogens is 1. The van der Waals surface area contributed by atoms with Crippen LogP contribution in [0.3, 0.4) is 0 Å². The number of fused-ring (bicyclic) bond motifs is 1. The van der Waals surface area contributed by atoms with Crippen LogP contribution < -0.4 is 5.32 Å². The molecule has 1 amide bonds. The predicted octanol–water partition coefficient (Wildman–Crippen LogP) is 2.15. The third-order valence-corrected chi connectivity index (χ3v) is 2.68. The summed E-state index contributed by atoms with van der Waals surface area (Å²) >= 11 is 0. The van der Waals surface area contributed by atoms with E-state index in [-0.39, 0.29) is 12.5 Å². The Balaban J connectivity index is 2.42. The molecular weight excluding hydrogens is 212 g/mol. The molecule has 3 heteroatoms. The van der Waals surface area contributed by atoms with Gasteiger partial charge in [-0.25, -0.2) is 0 Å². The zero-order valence-corrected chi connectivity index (χ0v) is 9.92. The zero-order chi connectivity index (χ0) is 12.4. The van der Waals surface area contributed by atoms with Gasteiger partial charge in [0.25, 0.3) is 5.91 Å². The van der Waals surface area contributed by atoms with E-state index >= 15 is 0 Å². The van der Waals surface area contributed by atoms with Crippen LogP contribution in [0.1, 0.15) is 21.6 Å². The number of carbonyl (C=O) groups excluding carboxylic acids is 1. The summed E-state index contributed by atoms with van der Waals surface area (Å²) in [6, 6.07) is 5.98. The summed E-state index contributed by atoms with van der Waals surface area (Å²) in [5, 5.41) is 3.71. The lowest BCUT2D eigenvalue weighted by Gasteiger charge is -1.97. The summed E-state index contributed by atoms with van der Waals surface area (Å²) < 4.78 is 0. The Hall–Kier alpha value is -2.21. The Bertz CT molecular complexity index is 617. The lowest BCUT2D eigenvalue weighted by molar-refractivity contribution is 0.0954. The summed E-state index contributed by atoms with van der Waals surface area (Å²) in [5.41, 5.74) is 3.86. The summed E-state index contributed by atoms with van der Waals surface area (Å²) in [6.07, 6.45) is 5.10. The van der Waals surface area contributed by atoms with Crippen LogP contribution in [0.15, 0.2) is 18.2 Å². The SMILES string of the molecule is C#CCNC(=O)c1cc2c(C)cc(C)cc2[nH]1. The molecule has 0 unspecified atom stereocenters. The number of terminal acetylenes is 1. The van der Waals surface area contributed by atoms with Crippen molar-refractivity contribution in [3.8, 4) is 12.3 Å². The first-order valence-corrected chi connectivity index (χ1v) is 5.43. The highest BCUT2D eigenvalue weighted by Crippen LogP contribution is 2.21. The Morgan fingerprint density at radius 1 is 1.41 bits per heavy atom. The van der Waals surface area contributed by atoms with Gasteiger partial charge in [-0.2, -0.15) is 0 Å². The van der Waals surface area contributed by atoms with Gasteiger partial charge in [-0.3, -0.25) is 4.79 Å². The maximum Gasteiger partial charge on any atom is 0.268 e. The van der Waals surface area contributed by atoms with Crippen LogP contribution in [0.4, 0.5) is 0 Å². The maximum absolute atomic E-state index is 11.7. The van der Waals surface area contributed by atoms with Crippen LogP contribution in [-0.2, 0) is 0 Å². The lowest BCUT2D eigenvalue weighted by atomic mass is 10.1. The molecule has 0 saturated carbocycles. The van der Waals surface area contributed by atoms with Crippen LogP contribution in [0.25, 0.3) is 10.9 Å². The standard InChI is InChI=1S/C14H14N2O/c1-4-5-15-14(17)13-8-11-10(3)6-9(2)7-12(11)16-13/h1,6-8,16H,5H2,2-3H3,(H,15,17). The van der Waals surface area contributed by atoms with Crippen molar-refractivity contribution in [3.63, 3.8) is 0 Å². The molecule has 0 bridgehead atoms. The van der Waals surface area contributed by atoms with Gasteiger partial charge in [0.15, 0.2) is 0 Å². The molecule has 0 aliphatic heterocycles. The largest absolute Gasteiger partial charge is 0.351 e. The van der Waals surface area contributed by atoms with E-state index in [2.05, 4.69) is 22.3 Å². The molecule has 1 aromatic carbocycles. The monoisotopic (exact) mass is 226 g/mol. The molecule has 2 N–H and O–H groups in total. The zero-order valence-electron chi connectivity index (χ0n) is 9.92. The van der Waals surface area contributed by atoms with Gasteiger partial charge in [0.05, 0.1) is 6.54 Å². The van der Waals surface area contributed by atoms with Crippen LogP contribution in [0.5, 0.6) is 0 Å². The Morgan fingerprint density at radius 3 is 2.88 bits per heavy atom. The van der Waals surface area contributed by atoms with E-state index in [1.165, 1.54) is 5.56 Å². The van der Waals surface area contributed by atoms with Crippen molar-refractivity contribution in [1.82, 2.24) is 10.3 Å². The van der Waals surface area contributed by atoms with Crippen molar-refractivity contribution in [1.29, 1.82) is 0 Å². The van der Waals surface area contributed by atoms with Crippen molar-refractivity contribution in [2.24, 2.45) is 0 Å². The van der Waals surface area contributed by atoms with E-state index in [1.54, 1.807) is 0 Å². The molecule has 1 aromatic heterocycles. The van der Waals surface area contributed by atoms with E-state index in [0.717, 1.165) is 16.5 Å². The lowest BCUT2D eigenvalue weighted by Crippen LogP contribution is -2.23. The van der Waals surface area contributed by atoms with E-state index < -0.39 is 0 Å². The van der Waals surface area contributed by atoms with E-state index in [1.807, 2.05) is 26.0 Å². The minimum atomic E-state index is -0.170. The Morgan fingerprint density at radius 2 is 2.18 bits per heavy atom. The fourth-order valence-electron chi connectivity index (χ4n) is 1.95. The maximum atomic E-state index is 11.7. The summed E-state index contributed by atoms with van der Waals surface area (Å²) in [7, 11) is 0. The third-order valence-electron chi connectivity index (χ3n) is 2.68. The van der Waals surface area contributed by atoms with Crippen molar-refractivity contribution in [2.45, 2.75) is 13.8 Å². The second kappa shape index (κ2) is 4.34. The molecule has 1 heterocycles. The van der Waals surface area contributed by atoms with Crippen molar-refractivity contribution >= 4 is 16.8 Å². The number of aryl methyl sites for hydroxylation is 2. The Kier molecular flexibility index (Phi) is 2.88. The Labute approximate surface area is 100 Å². The van der Waals surface area contributed by atoms with E-state index in [9.17, 15) is 4.79 Å². The minimum absolute atomic E-state index is 0.170. The number of carbonyl (C=O) groups is 1. The summed E-state index contributed by atoms with van der Waals surface area (Å²) in [5.74, 6) is 2.21. The van der Waals surface area contributed by atoms with Crippen molar-refractivity contribution < 1.29 is 4.79 Å². The number of benzene rings is 1. The molecule has 0 radical (unpaired) electrons. The van der Waals surface area contributed by atoms with Gasteiger partial charge in [0.1, 0.15) is 5.69 Å². The van der Waals surface area contributed by atoms with E-state index in [4.69, 9.17) is 6.42 Å². The topological polar surface area (TPSA) is 44.9 Å². The average Bonchev–Trinajstić information content (AvgIpc) is 2.69. The fourth-order valence-corrected chi connectivity index (χ4v) is 1.95. The molecule has 0 fully saturated rings. The first-order valence-electron chi connectivity index (χ1n) is 5.43. The third kappa shape index (κ3) is 2.16. The van der Waals surface area contributed by atoms with Crippen LogP contribution in [0.2, 0.25) is 0 Å². The molecule has 86 valence electrons. The van der Waals surface area contributed by atoms with Gasteiger partial charge in [0.2, 0.25) is 0 Å². The smallest absolute Gasteiger partial charge is 0.268 e. The highest BCUT2D eigenvalue weighted by atomic mass is 16.1. The number of aromatic amines is 1. The normalized spacial score (nSPS) is 10.2. The molecule has 17 heavy (non-hydrogen) atoms. The number of hydrogen-bond acceptors (Lipinski definition) is 1. The highest BCUT2D eigenvalue weighted by Gasteiger charge is 2.09. The molecule has 0 spiro atoms. The molecular formula is C14H14N2O. The van der Waals surface area contributed by atoms with Gasteiger partial charge in [-0.15, -0.1) is 6.42 Å². The molecule has 3 nitrogen and oxygen atoms in total. The van der Waals surface area contributed by atoms with Gasteiger partial charge in [-0.1, -0.05) is 12.0 Å². The minimum Gasteiger partial charge on any atom is -0.351 e. The number of amides is 1. The first-order chi connectivity index (χ1) is 8.11. The number of H-pyrrole nitrogens is 1. The highest BCUT2D eigenvalue weighted by molar-refractivity contribution is 5.99. The summed E-state index contributed by atoms with van der Waals surface area (Å²) in [4.78, 5) is 14.8. The first kappa shape index (κ1) is 11.3. The average molecular weight is 226 g/mol. The van der Waals surface area contributed by atoms with Crippen molar-refractivity contribution in [2.75, 3.05) is 6.54 Å². The molecule has 2 aromatic rings. The summed E-state index contributed by atoms with van der Waals surface area (Å²) in [6.45, 7) is 4.31. The number of nitrogens with one attached hydrogen (secondary N) is 2. The predicted molar refractivity (Wildman–Crippen MR) is 68.9 cm³/mol. The molecule has 2 rings (SSSR count). The second-order valence-corrected chi connectivity index (χ2v) is 4.11. The molecule has 0 aliphatic carbocycles. The second-order valence-electron chi connectivity index (χ2n) is 4.11. The van der Waals surface area contributed by atoms with Gasteiger partial charge in [-0.05, 0) is 37.1 Å². The van der Waals surface area contributed by atoms with Gasteiger partial charge < -0.3 is 10.3 Å². The molecule has 0 aliphatic rings. The van der Waals surface area contributed by atoms with Crippen molar-refractivity contribution in [3.05, 3.63) is 35.0 Å². The fraction of sp³-hybridized carbons (Fsp3) is 0.214. The number of rotatable bonds is 2. The molecule has 0 saturated heterocycles. The quantitative estimate of drug-likeness (QED) is 0.757. The van der Waals surface area contributed by atoms with Gasteiger partial charge in [0, 0.05) is 10.9 Å². The number of hydrogen-bond donors (Lipinski definition) is 2. The van der Waals surface area contributed by atoms with E-state index in [0.29, 0.717) is 5.69 Å². The van der Waals surface area contributed by atoms with Crippen LogP contribution >= 0.6 is 0 Å². The van der Waals surface area contributed by atoms with Crippen LogP contribution in [-0.4, -0.2) is 17.4 Å². The van der Waals surface area contributed by atoms with Gasteiger partial charge >= 0.3 is 0 Å². The molecule has 0 atom stereocenters.